The van der Waals surface area contributed by atoms with Crippen LogP contribution in [0.3, 0.4) is 0 Å². The maximum absolute atomic E-state index is 13.3. The highest BCUT2D eigenvalue weighted by molar-refractivity contribution is 6.06. The number of carbonyl (C=O) groups excluding carboxylic acids is 2. The molecule has 3 aromatic carbocycles. The average Bonchev–Trinajstić information content (AvgIpc) is 2.76. The van der Waals surface area contributed by atoms with Gasteiger partial charge in [0.15, 0.2) is 0 Å². The summed E-state index contributed by atoms with van der Waals surface area (Å²) in [5.74, 6) is -2.20. The third kappa shape index (κ3) is 4.39. The van der Waals surface area contributed by atoms with E-state index in [0.29, 0.717) is 6.07 Å². The second-order valence-electron chi connectivity index (χ2n) is 6.68. The SMILES string of the molecule is O=C([O+]=C1C=CC(=C(c2ccccc2)c2ccccc2)C=C1)c1cc(F)cc(F)c1. The molecule has 0 saturated carbocycles. The van der Waals surface area contributed by atoms with Crippen molar-refractivity contribution in [2.45, 2.75) is 0 Å². The highest BCUT2D eigenvalue weighted by Gasteiger charge is 2.22. The molecular formula is C26H17F2O2+. The number of hydrogen-bond donors (Lipinski definition) is 0. The molecule has 0 aromatic heterocycles. The van der Waals surface area contributed by atoms with Crippen LogP contribution in [0.4, 0.5) is 8.78 Å². The molecule has 2 nitrogen and oxygen atoms in total. The summed E-state index contributed by atoms with van der Waals surface area (Å²) in [6.45, 7) is 0. The van der Waals surface area contributed by atoms with E-state index in [4.69, 9.17) is 4.42 Å². The number of carbonyl (C=O) groups is 1. The lowest BCUT2D eigenvalue weighted by Crippen LogP contribution is -2.08. The van der Waals surface area contributed by atoms with E-state index in [1.807, 2.05) is 72.8 Å². The van der Waals surface area contributed by atoms with Crippen LogP contribution < -0.4 is 0 Å². The molecule has 0 N–H and O–H groups in total. The van der Waals surface area contributed by atoms with E-state index >= 15 is 0 Å². The van der Waals surface area contributed by atoms with Gasteiger partial charge in [-0.3, -0.25) is 4.42 Å². The van der Waals surface area contributed by atoms with Crippen LogP contribution in [0.25, 0.3) is 5.57 Å². The van der Waals surface area contributed by atoms with E-state index in [1.165, 1.54) is 0 Å². The van der Waals surface area contributed by atoms with Gasteiger partial charge in [0, 0.05) is 18.2 Å². The van der Waals surface area contributed by atoms with Crippen LogP contribution in [0, 0.1) is 11.6 Å². The summed E-state index contributed by atoms with van der Waals surface area (Å²) in [7, 11) is 0. The van der Waals surface area contributed by atoms with E-state index in [1.54, 1.807) is 12.2 Å². The zero-order chi connectivity index (χ0) is 20.9. The summed E-state index contributed by atoms with van der Waals surface area (Å²) in [4.78, 5) is 12.2. The van der Waals surface area contributed by atoms with Gasteiger partial charge >= 0.3 is 5.97 Å². The summed E-state index contributed by atoms with van der Waals surface area (Å²) in [6, 6.07) is 22.6. The minimum atomic E-state index is -0.831. The lowest BCUT2D eigenvalue weighted by molar-refractivity contribution is -0.343. The molecule has 146 valence electrons. The van der Waals surface area contributed by atoms with Gasteiger partial charge in [0.1, 0.15) is 17.2 Å². The highest BCUT2D eigenvalue weighted by atomic mass is 19.1. The predicted octanol–water partition coefficient (Wildman–Crippen LogP) is 5.84. The first-order valence-electron chi connectivity index (χ1n) is 9.37. The largest absolute Gasteiger partial charge is 0.613 e. The minimum Gasteiger partial charge on any atom is -0.268 e. The Kier molecular flexibility index (Phi) is 5.57. The predicted molar refractivity (Wildman–Crippen MR) is 113 cm³/mol. The molecule has 0 amide bonds. The van der Waals surface area contributed by atoms with E-state index in [2.05, 4.69) is 0 Å². The summed E-state index contributed by atoms with van der Waals surface area (Å²) in [5, 5.41) is 0. The van der Waals surface area contributed by atoms with E-state index in [-0.39, 0.29) is 11.3 Å². The van der Waals surface area contributed by atoms with Crippen molar-refractivity contribution < 1.29 is 18.0 Å². The fraction of sp³-hybridized carbons (Fsp3) is 0. The van der Waals surface area contributed by atoms with Crippen molar-refractivity contribution in [2.75, 3.05) is 0 Å². The van der Waals surface area contributed by atoms with Crippen LogP contribution in [-0.4, -0.2) is 11.8 Å². The summed E-state index contributed by atoms with van der Waals surface area (Å²) >= 11 is 0. The second-order valence-corrected chi connectivity index (χ2v) is 6.68. The van der Waals surface area contributed by atoms with Crippen molar-refractivity contribution in [1.82, 2.24) is 0 Å². The first kappa shape index (κ1) is 19.4. The van der Waals surface area contributed by atoms with Crippen LogP contribution in [0.2, 0.25) is 0 Å². The van der Waals surface area contributed by atoms with Gasteiger partial charge in [-0.15, -0.1) is 0 Å². The molecule has 0 atom stereocenters. The van der Waals surface area contributed by atoms with Crippen LogP contribution in [-0.2, 0) is 4.42 Å². The number of ketones is 1. The van der Waals surface area contributed by atoms with Crippen LogP contribution in [0.15, 0.2) is 109 Å². The first-order valence-corrected chi connectivity index (χ1v) is 9.37. The zero-order valence-corrected chi connectivity index (χ0v) is 15.9. The summed E-state index contributed by atoms with van der Waals surface area (Å²) < 4.78 is 32.0. The molecular weight excluding hydrogens is 382 g/mol. The Balaban J connectivity index is 1.68. The van der Waals surface area contributed by atoms with Crippen LogP contribution in [0.1, 0.15) is 21.5 Å². The van der Waals surface area contributed by atoms with Gasteiger partial charge in [-0.2, -0.15) is 0 Å². The summed E-state index contributed by atoms with van der Waals surface area (Å²) in [6.07, 6.45) is 7.03. The molecule has 1 aliphatic carbocycles. The normalized spacial score (nSPS) is 12.7. The monoisotopic (exact) mass is 399 g/mol. The Morgan fingerprint density at radius 2 is 1.13 bits per heavy atom. The Hall–Kier alpha value is -3.92. The van der Waals surface area contributed by atoms with Gasteiger partial charge in [-0.05, 0) is 46.6 Å². The third-order valence-corrected chi connectivity index (χ3v) is 4.58. The smallest absolute Gasteiger partial charge is 0.268 e. The molecule has 0 fully saturated rings. The number of rotatable bonds is 3. The van der Waals surface area contributed by atoms with Gasteiger partial charge in [-0.1, -0.05) is 60.7 Å². The molecule has 4 rings (SSSR count). The molecule has 4 heteroatoms. The number of benzene rings is 3. The molecule has 0 unspecified atom stereocenters. The Bertz CT molecular complexity index is 1120. The Morgan fingerprint density at radius 1 is 0.633 bits per heavy atom. The van der Waals surface area contributed by atoms with Crippen molar-refractivity contribution in [1.29, 1.82) is 0 Å². The van der Waals surface area contributed by atoms with E-state index in [9.17, 15) is 13.6 Å². The van der Waals surface area contributed by atoms with Crippen LogP contribution >= 0.6 is 0 Å². The lowest BCUT2D eigenvalue weighted by Gasteiger charge is -2.13. The topological polar surface area (TPSA) is 28.4 Å². The average molecular weight is 399 g/mol. The second kappa shape index (κ2) is 8.62. The Labute approximate surface area is 172 Å². The molecule has 0 spiro atoms. The molecule has 0 radical (unpaired) electrons. The van der Waals surface area contributed by atoms with Gasteiger partial charge < -0.3 is 0 Å². The standard InChI is InChI=1S/C26H17F2O2/c27-22-15-21(16-23(28)17-22)26(29)30-24-13-11-20(12-14-24)25(18-7-3-1-4-8-18)19-9-5-2-6-10-19/h1-17H/q+1. The lowest BCUT2D eigenvalue weighted by atomic mass is 9.91. The minimum absolute atomic E-state index is 0.183. The van der Waals surface area contributed by atoms with Crippen molar-refractivity contribution in [3.8, 4) is 0 Å². The number of halogens is 2. The summed E-state index contributed by atoms with van der Waals surface area (Å²) in [5.41, 5.74) is 3.93. The number of hydrogen-bond acceptors (Lipinski definition) is 1. The first-order chi connectivity index (χ1) is 14.6. The van der Waals surface area contributed by atoms with Crippen molar-refractivity contribution >= 4 is 17.3 Å². The maximum atomic E-state index is 13.3. The van der Waals surface area contributed by atoms with Gasteiger partial charge in [-0.25, -0.2) is 8.78 Å². The maximum Gasteiger partial charge on any atom is 0.613 e. The fourth-order valence-electron chi connectivity index (χ4n) is 3.24. The van der Waals surface area contributed by atoms with Crippen molar-refractivity contribution in [2.24, 2.45) is 0 Å². The molecule has 0 heterocycles. The Morgan fingerprint density at radius 3 is 1.63 bits per heavy atom. The molecule has 1 aliphatic rings. The highest BCUT2D eigenvalue weighted by Crippen LogP contribution is 2.29. The molecule has 3 aromatic rings. The van der Waals surface area contributed by atoms with Crippen molar-refractivity contribution in [3.05, 3.63) is 137 Å². The van der Waals surface area contributed by atoms with E-state index in [0.717, 1.165) is 34.4 Å². The molecule has 0 aliphatic heterocycles. The molecule has 30 heavy (non-hydrogen) atoms. The van der Waals surface area contributed by atoms with Crippen LogP contribution in [0.5, 0.6) is 0 Å². The van der Waals surface area contributed by atoms with Gasteiger partial charge in [0.25, 0.3) is 0 Å². The van der Waals surface area contributed by atoms with Gasteiger partial charge in [0.2, 0.25) is 5.78 Å². The molecule has 0 saturated heterocycles. The van der Waals surface area contributed by atoms with Gasteiger partial charge in [0.05, 0.1) is 4.79 Å². The van der Waals surface area contributed by atoms with E-state index < -0.39 is 17.6 Å². The fourth-order valence-corrected chi connectivity index (χ4v) is 3.24. The zero-order valence-electron chi connectivity index (χ0n) is 15.9. The number of allylic oxidation sites excluding steroid dienone is 5. The van der Waals surface area contributed by atoms with Crippen molar-refractivity contribution in [3.63, 3.8) is 0 Å². The molecule has 0 bridgehead atoms. The quantitative estimate of drug-likeness (QED) is 0.509. The third-order valence-electron chi connectivity index (χ3n) is 4.58.